The van der Waals surface area contributed by atoms with E-state index in [1.54, 1.807) is 18.2 Å². The first kappa shape index (κ1) is 11.1. The molecule has 5 nitrogen and oxygen atoms in total. The number of hydrogen-bond acceptors (Lipinski definition) is 3. The van der Waals surface area contributed by atoms with E-state index in [0.717, 1.165) is 11.3 Å². The Labute approximate surface area is 97.9 Å². The van der Waals surface area contributed by atoms with Crippen LogP contribution in [0.5, 0.6) is 0 Å². The van der Waals surface area contributed by atoms with Crippen LogP contribution in [0.25, 0.3) is 11.3 Å². The van der Waals surface area contributed by atoms with Crippen LogP contribution in [-0.4, -0.2) is 22.4 Å². The normalized spacial score (nSPS) is 9.94. The van der Waals surface area contributed by atoms with Crippen LogP contribution in [0.2, 0.25) is 0 Å². The number of benzene rings is 1. The van der Waals surface area contributed by atoms with Gasteiger partial charge in [0.25, 0.3) is 0 Å². The molecule has 0 atom stereocenters. The van der Waals surface area contributed by atoms with Gasteiger partial charge in [-0.15, -0.1) is 0 Å². The molecule has 0 spiro atoms. The molecule has 1 aromatic carbocycles. The van der Waals surface area contributed by atoms with Gasteiger partial charge in [0.15, 0.2) is 6.29 Å². The highest BCUT2D eigenvalue weighted by Gasteiger charge is 2.03. The van der Waals surface area contributed by atoms with Crippen LogP contribution in [0.1, 0.15) is 17.4 Å². The summed E-state index contributed by atoms with van der Waals surface area (Å²) in [5.41, 5.74) is 2.74. The summed E-state index contributed by atoms with van der Waals surface area (Å²) in [7, 11) is 0. The van der Waals surface area contributed by atoms with Gasteiger partial charge in [0.2, 0.25) is 5.91 Å². The highest BCUT2D eigenvalue weighted by molar-refractivity contribution is 5.89. The van der Waals surface area contributed by atoms with Crippen molar-refractivity contribution in [3.05, 3.63) is 36.0 Å². The second-order valence-electron chi connectivity index (χ2n) is 3.58. The van der Waals surface area contributed by atoms with E-state index in [1.165, 1.54) is 6.92 Å². The standard InChI is InChI=1S/C12H11N3O2/c1-8(17)13-10-4-2-9(3-5-10)12-6-11(7-16)14-15-12/h2-7H,1H3,(H,13,17)(H,14,15). The summed E-state index contributed by atoms with van der Waals surface area (Å²) >= 11 is 0. The molecule has 2 rings (SSSR count). The number of aromatic nitrogens is 2. The van der Waals surface area contributed by atoms with Crippen molar-refractivity contribution in [1.82, 2.24) is 10.2 Å². The van der Waals surface area contributed by atoms with Gasteiger partial charge in [0, 0.05) is 18.2 Å². The first-order valence-corrected chi connectivity index (χ1v) is 5.07. The zero-order valence-electron chi connectivity index (χ0n) is 9.23. The number of nitrogens with one attached hydrogen (secondary N) is 2. The summed E-state index contributed by atoms with van der Waals surface area (Å²) in [6.45, 7) is 1.46. The number of carbonyl (C=O) groups excluding carboxylic acids is 2. The number of aromatic amines is 1. The van der Waals surface area contributed by atoms with Crippen molar-refractivity contribution in [3.8, 4) is 11.3 Å². The molecule has 0 aliphatic heterocycles. The van der Waals surface area contributed by atoms with E-state index in [1.807, 2.05) is 12.1 Å². The minimum Gasteiger partial charge on any atom is -0.326 e. The highest BCUT2D eigenvalue weighted by Crippen LogP contribution is 2.19. The summed E-state index contributed by atoms with van der Waals surface area (Å²) in [5, 5.41) is 9.29. The number of H-pyrrole nitrogens is 1. The Hall–Kier alpha value is -2.43. The topological polar surface area (TPSA) is 74.8 Å². The van der Waals surface area contributed by atoms with E-state index in [4.69, 9.17) is 0 Å². The smallest absolute Gasteiger partial charge is 0.221 e. The number of amides is 1. The molecule has 0 aliphatic rings. The Morgan fingerprint density at radius 1 is 1.35 bits per heavy atom. The third kappa shape index (κ3) is 2.57. The molecule has 1 aromatic heterocycles. The molecule has 0 unspecified atom stereocenters. The lowest BCUT2D eigenvalue weighted by Gasteiger charge is -2.02. The van der Waals surface area contributed by atoms with Crippen molar-refractivity contribution in [2.24, 2.45) is 0 Å². The van der Waals surface area contributed by atoms with Crippen molar-refractivity contribution >= 4 is 17.9 Å². The quantitative estimate of drug-likeness (QED) is 0.788. The minimum absolute atomic E-state index is 0.110. The SMILES string of the molecule is CC(=O)Nc1ccc(-c2cc(C=O)[nH]n2)cc1. The van der Waals surface area contributed by atoms with Crippen molar-refractivity contribution in [2.75, 3.05) is 5.32 Å². The third-order valence-corrected chi connectivity index (χ3v) is 2.23. The van der Waals surface area contributed by atoms with Crippen molar-refractivity contribution in [2.45, 2.75) is 6.92 Å². The number of aldehydes is 1. The lowest BCUT2D eigenvalue weighted by atomic mass is 10.1. The Morgan fingerprint density at radius 3 is 2.59 bits per heavy atom. The average Bonchev–Trinajstić information content (AvgIpc) is 2.78. The number of carbonyl (C=O) groups is 2. The number of hydrogen-bond donors (Lipinski definition) is 2. The second kappa shape index (κ2) is 4.61. The van der Waals surface area contributed by atoms with Crippen molar-refractivity contribution in [3.63, 3.8) is 0 Å². The first-order chi connectivity index (χ1) is 8.19. The molecule has 2 aromatic rings. The van der Waals surface area contributed by atoms with Gasteiger partial charge in [-0.25, -0.2) is 0 Å². The predicted octanol–water partition coefficient (Wildman–Crippen LogP) is 1.85. The fourth-order valence-corrected chi connectivity index (χ4v) is 1.47. The molecule has 0 fully saturated rings. The van der Waals surface area contributed by atoms with E-state index in [0.29, 0.717) is 17.7 Å². The fraction of sp³-hybridized carbons (Fsp3) is 0.0833. The van der Waals surface area contributed by atoms with Gasteiger partial charge in [0.05, 0.1) is 11.4 Å². The fourth-order valence-electron chi connectivity index (χ4n) is 1.47. The molecule has 1 amide bonds. The maximum atomic E-state index is 10.8. The first-order valence-electron chi connectivity index (χ1n) is 5.07. The molecule has 2 N–H and O–H groups in total. The van der Waals surface area contributed by atoms with Gasteiger partial charge in [-0.3, -0.25) is 14.7 Å². The zero-order chi connectivity index (χ0) is 12.3. The number of anilines is 1. The van der Waals surface area contributed by atoms with E-state index in [-0.39, 0.29) is 5.91 Å². The Bertz CT molecular complexity index is 543. The minimum atomic E-state index is -0.110. The lowest BCUT2D eigenvalue weighted by molar-refractivity contribution is -0.114. The largest absolute Gasteiger partial charge is 0.326 e. The van der Waals surface area contributed by atoms with Gasteiger partial charge >= 0.3 is 0 Å². The monoisotopic (exact) mass is 229 g/mol. The molecule has 17 heavy (non-hydrogen) atoms. The van der Waals surface area contributed by atoms with E-state index in [2.05, 4.69) is 15.5 Å². The Balaban J connectivity index is 2.22. The van der Waals surface area contributed by atoms with Gasteiger partial charge in [0.1, 0.15) is 0 Å². The predicted molar refractivity (Wildman–Crippen MR) is 63.7 cm³/mol. The summed E-state index contributed by atoms with van der Waals surface area (Å²) in [5.74, 6) is -0.110. The highest BCUT2D eigenvalue weighted by atomic mass is 16.1. The zero-order valence-corrected chi connectivity index (χ0v) is 9.23. The van der Waals surface area contributed by atoms with Crippen LogP contribution < -0.4 is 5.32 Å². The molecule has 86 valence electrons. The maximum Gasteiger partial charge on any atom is 0.221 e. The van der Waals surface area contributed by atoms with Crippen molar-refractivity contribution < 1.29 is 9.59 Å². The number of rotatable bonds is 3. The van der Waals surface area contributed by atoms with Gasteiger partial charge < -0.3 is 5.32 Å². The van der Waals surface area contributed by atoms with E-state index in [9.17, 15) is 9.59 Å². The molecule has 0 bridgehead atoms. The molecular formula is C12H11N3O2. The van der Waals surface area contributed by atoms with Crippen LogP contribution in [-0.2, 0) is 4.79 Å². The van der Waals surface area contributed by atoms with Crippen LogP contribution in [0, 0.1) is 0 Å². The summed E-state index contributed by atoms with van der Waals surface area (Å²) in [4.78, 5) is 21.4. The van der Waals surface area contributed by atoms with Gasteiger partial charge in [-0.1, -0.05) is 12.1 Å². The van der Waals surface area contributed by atoms with Crippen LogP contribution in [0.4, 0.5) is 5.69 Å². The average molecular weight is 229 g/mol. The molecule has 5 heteroatoms. The van der Waals surface area contributed by atoms with Gasteiger partial charge in [-0.2, -0.15) is 5.10 Å². The van der Waals surface area contributed by atoms with E-state index < -0.39 is 0 Å². The third-order valence-electron chi connectivity index (χ3n) is 2.23. The molecule has 1 heterocycles. The number of nitrogens with zero attached hydrogens (tertiary/aromatic N) is 1. The summed E-state index contributed by atoms with van der Waals surface area (Å²) in [6.07, 6.45) is 0.710. The van der Waals surface area contributed by atoms with Gasteiger partial charge in [-0.05, 0) is 18.2 Å². The Morgan fingerprint density at radius 2 is 2.06 bits per heavy atom. The molecule has 0 aliphatic carbocycles. The Kier molecular flexibility index (Phi) is 3.00. The van der Waals surface area contributed by atoms with E-state index >= 15 is 0 Å². The summed E-state index contributed by atoms with van der Waals surface area (Å²) in [6, 6.07) is 8.89. The molecule has 0 saturated carbocycles. The summed E-state index contributed by atoms with van der Waals surface area (Å²) < 4.78 is 0. The van der Waals surface area contributed by atoms with Crippen LogP contribution >= 0.6 is 0 Å². The van der Waals surface area contributed by atoms with Crippen molar-refractivity contribution in [1.29, 1.82) is 0 Å². The van der Waals surface area contributed by atoms with Crippen LogP contribution in [0.15, 0.2) is 30.3 Å². The second-order valence-corrected chi connectivity index (χ2v) is 3.58. The molecular weight excluding hydrogens is 218 g/mol. The van der Waals surface area contributed by atoms with Crippen LogP contribution in [0.3, 0.4) is 0 Å². The molecule has 0 radical (unpaired) electrons. The molecule has 0 saturated heterocycles. The lowest BCUT2D eigenvalue weighted by Crippen LogP contribution is -2.05. The maximum absolute atomic E-state index is 10.8.